The molecule has 1 spiro atoms. The van der Waals surface area contributed by atoms with Crippen molar-refractivity contribution in [2.45, 2.75) is 37.2 Å². The number of rotatable bonds is 2. The zero-order chi connectivity index (χ0) is 17.7. The van der Waals surface area contributed by atoms with E-state index in [2.05, 4.69) is 53.9 Å². The molecule has 1 saturated heterocycles. The molecule has 2 aromatic rings. The second-order valence-corrected chi connectivity index (χ2v) is 6.82. The van der Waals surface area contributed by atoms with Gasteiger partial charge in [0.25, 0.3) is 0 Å². The Morgan fingerprint density at radius 2 is 1.68 bits per heavy atom. The number of piperidine rings is 1. The zero-order valence-corrected chi connectivity index (χ0v) is 15.7. The lowest BCUT2D eigenvalue weighted by atomic mass is 9.83. The van der Waals surface area contributed by atoms with Gasteiger partial charge in [0.2, 0.25) is 0 Å². The molecule has 1 fully saturated rings. The molecule has 0 atom stereocenters. The van der Waals surface area contributed by atoms with Gasteiger partial charge in [-0.05, 0) is 60.4 Å². The molecule has 0 aromatic heterocycles. The third-order valence-corrected chi connectivity index (χ3v) is 5.19. The van der Waals surface area contributed by atoms with E-state index in [0.29, 0.717) is 0 Å². The van der Waals surface area contributed by atoms with E-state index in [1.54, 1.807) is 0 Å². The van der Waals surface area contributed by atoms with Crippen molar-refractivity contribution in [3.8, 4) is 5.75 Å². The minimum atomic E-state index is -0.184. The maximum absolute atomic E-state index is 6.42. The Morgan fingerprint density at radius 3 is 2.36 bits per heavy atom. The van der Waals surface area contributed by atoms with Gasteiger partial charge in [0, 0.05) is 23.3 Å². The van der Waals surface area contributed by atoms with Crippen molar-refractivity contribution in [1.29, 1.82) is 0 Å². The van der Waals surface area contributed by atoms with Crippen LogP contribution in [-0.4, -0.2) is 18.7 Å². The van der Waals surface area contributed by atoms with Crippen molar-refractivity contribution in [3.63, 3.8) is 0 Å². The number of hydrogen-bond acceptors (Lipinski definition) is 4. The maximum Gasteiger partial charge on any atom is 0.130 e. The van der Waals surface area contributed by atoms with Gasteiger partial charge in [-0.1, -0.05) is 44.2 Å². The van der Waals surface area contributed by atoms with Crippen LogP contribution >= 0.6 is 11.9 Å². The first-order chi connectivity index (χ1) is 12.3. The van der Waals surface area contributed by atoms with E-state index < -0.39 is 0 Å². The zero-order valence-electron chi connectivity index (χ0n) is 14.9. The molecule has 2 heterocycles. The first-order valence-corrected chi connectivity index (χ1v) is 9.87. The Labute approximate surface area is 154 Å². The summed E-state index contributed by atoms with van der Waals surface area (Å²) < 4.78 is 6.42. The predicted octanol–water partition coefficient (Wildman–Crippen LogP) is 4.62. The van der Waals surface area contributed by atoms with Gasteiger partial charge in [-0.2, -0.15) is 0 Å². The molecule has 4 rings (SSSR count). The number of nitrogens with two attached hydrogens (primary N) is 1. The number of fused-ring (bicyclic) bond motifs is 1. The van der Waals surface area contributed by atoms with Gasteiger partial charge in [0.05, 0.1) is 0 Å². The maximum atomic E-state index is 6.42. The summed E-state index contributed by atoms with van der Waals surface area (Å²) in [4.78, 5) is 1.08. The SMILES string of the molecule is CC.NSc1ccc(C2=CC3(CCNCC3)Oc3ccccc32)cc1. The lowest BCUT2D eigenvalue weighted by molar-refractivity contribution is 0.0817. The van der Waals surface area contributed by atoms with Crippen molar-refractivity contribution >= 4 is 17.5 Å². The fraction of sp³-hybridized carbons (Fsp3) is 0.333. The molecule has 0 saturated carbocycles. The first kappa shape index (κ1) is 18.1. The molecule has 0 unspecified atom stereocenters. The summed E-state index contributed by atoms with van der Waals surface area (Å²) >= 11 is 1.28. The molecule has 25 heavy (non-hydrogen) atoms. The van der Waals surface area contributed by atoms with Gasteiger partial charge in [-0.25, -0.2) is 0 Å². The molecule has 0 radical (unpaired) electrons. The molecular formula is C21H26N2OS. The van der Waals surface area contributed by atoms with Crippen LogP contribution in [0.4, 0.5) is 0 Å². The highest BCUT2D eigenvalue weighted by atomic mass is 32.2. The highest BCUT2D eigenvalue weighted by Gasteiger charge is 2.36. The van der Waals surface area contributed by atoms with Crippen LogP contribution in [0.1, 0.15) is 37.8 Å². The number of nitrogens with one attached hydrogen (secondary N) is 1. The van der Waals surface area contributed by atoms with Gasteiger partial charge >= 0.3 is 0 Å². The van der Waals surface area contributed by atoms with E-state index >= 15 is 0 Å². The lowest BCUT2D eigenvalue weighted by Crippen LogP contribution is -2.46. The molecule has 0 aliphatic carbocycles. The largest absolute Gasteiger partial charge is 0.482 e. The lowest BCUT2D eigenvalue weighted by Gasteiger charge is -2.40. The predicted molar refractivity (Wildman–Crippen MR) is 107 cm³/mol. The third-order valence-electron chi connectivity index (χ3n) is 4.65. The topological polar surface area (TPSA) is 47.3 Å². The van der Waals surface area contributed by atoms with E-state index in [1.807, 2.05) is 19.9 Å². The van der Waals surface area contributed by atoms with Gasteiger partial charge in [-0.15, -0.1) is 0 Å². The average molecular weight is 355 g/mol. The summed E-state index contributed by atoms with van der Waals surface area (Å²) in [5.74, 6) is 0.990. The number of benzene rings is 2. The van der Waals surface area contributed by atoms with Crippen LogP contribution in [0.5, 0.6) is 5.75 Å². The molecule has 132 valence electrons. The van der Waals surface area contributed by atoms with Crippen LogP contribution in [0.2, 0.25) is 0 Å². The molecule has 0 amide bonds. The van der Waals surface area contributed by atoms with Gasteiger partial charge in [0.1, 0.15) is 11.4 Å². The number of para-hydroxylation sites is 1. The highest BCUT2D eigenvalue weighted by Crippen LogP contribution is 2.42. The van der Waals surface area contributed by atoms with Gasteiger partial charge in [0.15, 0.2) is 0 Å². The quantitative estimate of drug-likeness (QED) is 0.772. The van der Waals surface area contributed by atoms with E-state index in [4.69, 9.17) is 9.88 Å². The van der Waals surface area contributed by atoms with Crippen LogP contribution in [0.25, 0.3) is 5.57 Å². The Hall–Kier alpha value is -1.75. The third kappa shape index (κ3) is 3.76. The Kier molecular flexibility index (Phi) is 5.84. The molecule has 2 aliphatic rings. The summed E-state index contributed by atoms with van der Waals surface area (Å²) in [6.07, 6.45) is 4.34. The van der Waals surface area contributed by atoms with Crippen LogP contribution < -0.4 is 15.2 Å². The van der Waals surface area contributed by atoms with Gasteiger partial charge in [-0.3, -0.25) is 5.14 Å². The van der Waals surface area contributed by atoms with Crippen molar-refractivity contribution in [3.05, 3.63) is 65.7 Å². The Morgan fingerprint density at radius 1 is 1.00 bits per heavy atom. The monoisotopic (exact) mass is 354 g/mol. The molecule has 4 heteroatoms. The molecule has 2 aliphatic heterocycles. The fourth-order valence-electron chi connectivity index (χ4n) is 3.42. The van der Waals surface area contributed by atoms with E-state index in [9.17, 15) is 0 Å². The van der Waals surface area contributed by atoms with E-state index in [0.717, 1.165) is 36.6 Å². The normalized spacial score (nSPS) is 17.6. The van der Waals surface area contributed by atoms with Crippen molar-refractivity contribution < 1.29 is 4.74 Å². The number of ether oxygens (including phenoxy) is 1. The van der Waals surface area contributed by atoms with Crippen molar-refractivity contribution in [2.24, 2.45) is 5.14 Å². The number of hydrogen-bond donors (Lipinski definition) is 2. The van der Waals surface area contributed by atoms with Crippen LogP contribution in [-0.2, 0) is 0 Å². The van der Waals surface area contributed by atoms with Crippen molar-refractivity contribution in [1.82, 2.24) is 5.32 Å². The van der Waals surface area contributed by atoms with Crippen LogP contribution in [0.3, 0.4) is 0 Å². The summed E-state index contributed by atoms with van der Waals surface area (Å²) in [6, 6.07) is 16.8. The standard InChI is InChI=1S/C19H20N2OS.C2H6/c20-23-15-7-5-14(6-8-15)17-13-19(9-11-21-12-10-19)22-18-4-2-1-3-16(17)18;1-2/h1-8,13,21H,9-12,20H2;1-2H3. The highest BCUT2D eigenvalue weighted by molar-refractivity contribution is 7.97. The smallest absolute Gasteiger partial charge is 0.130 e. The van der Waals surface area contributed by atoms with Crippen LogP contribution in [0.15, 0.2) is 59.5 Å². The fourth-order valence-corrected chi connectivity index (χ4v) is 3.71. The summed E-state index contributed by atoms with van der Waals surface area (Å²) in [5, 5.41) is 9.07. The molecule has 2 aromatic carbocycles. The summed E-state index contributed by atoms with van der Waals surface area (Å²) in [7, 11) is 0. The second-order valence-electron chi connectivity index (χ2n) is 6.11. The molecular weight excluding hydrogens is 328 g/mol. The van der Waals surface area contributed by atoms with E-state index in [-0.39, 0.29) is 5.60 Å². The average Bonchev–Trinajstić information content (AvgIpc) is 2.69. The molecule has 3 N–H and O–H groups in total. The molecule has 3 nitrogen and oxygen atoms in total. The van der Waals surface area contributed by atoms with Gasteiger partial charge < -0.3 is 10.1 Å². The Bertz CT molecular complexity index is 734. The summed E-state index contributed by atoms with van der Waals surface area (Å²) in [6.45, 7) is 5.99. The van der Waals surface area contributed by atoms with Crippen molar-refractivity contribution in [2.75, 3.05) is 13.1 Å². The minimum absolute atomic E-state index is 0.184. The van der Waals surface area contributed by atoms with Crippen LogP contribution in [0, 0.1) is 0 Å². The molecule has 0 bridgehead atoms. The summed E-state index contributed by atoms with van der Waals surface area (Å²) in [5.41, 5.74) is 3.47. The van der Waals surface area contributed by atoms with E-state index in [1.165, 1.54) is 28.6 Å². The first-order valence-electron chi connectivity index (χ1n) is 8.99. The minimum Gasteiger partial charge on any atom is -0.482 e. The Balaban J connectivity index is 0.000000880. The second kappa shape index (κ2) is 8.09.